The summed E-state index contributed by atoms with van der Waals surface area (Å²) < 4.78 is 0. The smallest absolute Gasteiger partial charge is 0.103 e. The third kappa shape index (κ3) is 4.19. The largest absolute Gasteiger partial charge is 0.369 e. The third-order valence-corrected chi connectivity index (χ3v) is 3.54. The van der Waals surface area contributed by atoms with Crippen LogP contribution in [0, 0.1) is 28.6 Å². The summed E-state index contributed by atoms with van der Waals surface area (Å²) >= 11 is 1.58. The second-order valence-electron chi connectivity index (χ2n) is 4.71. The Morgan fingerprint density at radius 1 is 1.32 bits per heavy atom. The van der Waals surface area contributed by atoms with Crippen LogP contribution >= 0.6 is 11.8 Å². The normalized spacial score (nSPS) is 10.0. The van der Waals surface area contributed by atoms with Crippen molar-refractivity contribution in [3.8, 4) is 12.1 Å². The van der Waals surface area contributed by atoms with Gasteiger partial charge in [-0.05, 0) is 24.3 Å². The van der Waals surface area contributed by atoms with E-state index in [2.05, 4.69) is 30.9 Å². The lowest BCUT2D eigenvalue weighted by Crippen LogP contribution is -2.29. The van der Waals surface area contributed by atoms with Crippen LogP contribution in [0.1, 0.15) is 25.8 Å². The molecule has 0 fully saturated rings. The van der Waals surface area contributed by atoms with Crippen LogP contribution in [-0.4, -0.2) is 19.3 Å². The van der Waals surface area contributed by atoms with Gasteiger partial charge in [0.2, 0.25) is 0 Å². The topological polar surface area (TPSA) is 50.8 Å². The number of nitrogens with zero attached hydrogens (tertiary/aromatic N) is 3. The highest BCUT2D eigenvalue weighted by molar-refractivity contribution is 7.98. The van der Waals surface area contributed by atoms with Gasteiger partial charge in [0.1, 0.15) is 6.07 Å². The second-order valence-corrected chi connectivity index (χ2v) is 5.56. The van der Waals surface area contributed by atoms with Crippen molar-refractivity contribution in [1.82, 2.24) is 0 Å². The van der Waals surface area contributed by atoms with Gasteiger partial charge in [-0.2, -0.15) is 10.5 Å². The van der Waals surface area contributed by atoms with Crippen molar-refractivity contribution in [1.29, 1.82) is 10.5 Å². The van der Waals surface area contributed by atoms with Crippen molar-refractivity contribution in [2.75, 3.05) is 24.2 Å². The molecule has 0 aliphatic rings. The van der Waals surface area contributed by atoms with E-state index >= 15 is 0 Å². The highest BCUT2D eigenvalue weighted by Crippen LogP contribution is 2.29. The Morgan fingerprint density at radius 3 is 2.58 bits per heavy atom. The monoisotopic (exact) mass is 273 g/mol. The first-order chi connectivity index (χ1) is 9.13. The Hall–Kier alpha value is -1.65. The summed E-state index contributed by atoms with van der Waals surface area (Å²) in [5, 5.41) is 18.2. The van der Waals surface area contributed by atoms with E-state index in [0.29, 0.717) is 24.4 Å². The average molecular weight is 273 g/mol. The van der Waals surface area contributed by atoms with Crippen LogP contribution in [0.3, 0.4) is 0 Å². The number of benzene rings is 1. The average Bonchev–Trinajstić information content (AvgIpc) is 2.41. The Bertz CT molecular complexity index is 497. The van der Waals surface area contributed by atoms with Crippen LogP contribution in [0.4, 0.5) is 5.69 Å². The first-order valence-electron chi connectivity index (χ1n) is 6.33. The van der Waals surface area contributed by atoms with Gasteiger partial charge in [-0.25, -0.2) is 0 Å². The highest BCUT2D eigenvalue weighted by atomic mass is 32.2. The van der Waals surface area contributed by atoms with Gasteiger partial charge in [-0.1, -0.05) is 19.9 Å². The fraction of sp³-hybridized carbons (Fsp3) is 0.467. The quantitative estimate of drug-likeness (QED) is 0.742. The molecule has 0 saturated heterocycles. The molecule has 0 saturated carbocycles. The van der Waals surface area contributed by atoms with Crippen LogP contribution in [-0.2, 0) is 0 Å². The van der Waals surface area contributed by atoms with Crippen LogP contribution in [0.2, 0.25) is 0 Å². The molecule has 0 spiro atoms. The summed E-state index contributed by atoms with van der Waals surface area (Å²) in [6, 6.07) is 10.4. The van der Waals surface area contributed by atoms with Crippen molar-refractivity contribution >= 4 is 17.4 Å². The number of rotatable bonds is 6. The van der Waals surface area contributed by atoms with Crippen molar-refractivity contribution in [3.63, 3.8) is 0 Å². The maximum Gasteiger partial charge on any atom is 0.103 e. The maximum atomic E-state index is 9.38. The SMILES string of the molecule is CSc1cccc(N(CCC#N)CC(C)C)c1C#N. The van der Waals surface area contributed by atoms with E-state index in [0.717, 1.165) is 17.1 Å². The van der Waals surface area contributed by atoms with Gasteiger partial charge in [0, 0.05) is 18.0 Å². The lowest BCUT2D eigenvalue weighted by Gasteiger charge is -2.27. The van der Waals surface area contributed by atoms with Crippen LogP contribution in [0.5, 0.6) is 0 Å². The van der Waals surface area contributed by atoms with E-state index in [1.54, 1.807) is 11.8 Å². The first kappa shape index (κ1) is 15.4. The maximum absolute atomic E-state index is 9.38. The minimum atomic E-state index is 0.473. The molecule has 0 amide bonds. The number of nitriles is 2. The molecule has 0 aliphatic heterocycles. The number of hydrogen-bond acceptors (Lipinski definition) is 4. The molecule has 1 aromatic rings. The van der Waals surface area contributed by atoms with E-state index < -0.39 is 0 Å². The zero-order chi connectivity index (χ0) is 14.3. The van der Waals surface area contributed by atoms with Crippen LogP contribution in [0.15, 0.2) is 23.1 Å². The van der Waals surface area contributed by atoms with Gasteiger partial charge in [-0.3, -0.25) is 0 Å². The molecular weight excluding hydrogens is 254 g/mol. The molecule has 1 rings (SSSR count). The van der Waals surface area contributed by atoms with Crippen LogP contribution in [0.25, 0.3) is 0 Å². The van der Waals surface area contributed by atoms with Gasteiger partial charge >= 0.3 is 0 Å². The van der Waals surface area contributed by atoms with E-state index in [-0.39, 0.29) is 0 Å². The minimum absolute atomic E-state index is 0.473. The van der Waals surface area contributed by atoms with Crippen molar-refractivity contribution in [3.05, 3.63) is 23.8 Å². The van der Waals surface area contributed by atoms with Crippen LogP contribution < -0.4 is 4.90 Å². The number of thioether (sulfide) groups is 1. The Kier molecular flexibility index (Phi) is 6.25. The van der Waals surface area contributed by atoms with E-state index in [1.807, 2.05) is 24.5 Å². The number of anilines is 1. The van der Waals surface area contributed by atoms with Gasteiger partial charge in [0.25, 0.3) is 0 Å². The lowest BCUT2D eigenvalue weighted by atomic mass is 10.1. The number of hydrogen-bond donors (Lipinski definition) is 0. The molecule has 0 N–H and O–H groups in total. The lowest BCUT2D eigenvalue weighted by molar-refractivity contribution is 0.611. The highest BCUT2D eigenvalue weighted by Gasteiger charge is 2.15. The third-order valence-electron chi connectivity index (χ3n) is 2.76. The minimum Gasteiger partial charge on any atom is -0.369 e. The summed E-state index contributed by atoms with van der Waals surface area (Å²) in [7, 11) is 0. The van der Waals surface area contributed by atoms with Crippen molar-refractivity contribution < 1.29 is 0 Å². The summed E-state index contributed by atoms with van der Waals surface area (Å²) in [5.74, 6) is 0.489. The summed E-state index contributed by atoms with van der Waals surface area (Å²) in [5.41, 5.74) is 1.66. The van der Waals surface area contributed by atoms with Gasteiger partial charge in [0.05, 0.1) is 23.7 Å². The zero-order valence-electron chi connectivity index (χ0n) is 11.7. The molecular formula is C15H19N3S. The zero-order valence-corrected chi connectivity index (χ0v) is 12.5. The first-order valence-corrected chi connectivity index (χ1v) is 7.55. The molecule has 1 aromatic carbocycles. The standard InChI is InChI=1S/C15H19N3S/c1-12(2)11-18(9-5-8-16)14-6-4-7-15(19-3)13(14)10-17/h4,6-7,12H,5,9,11H2,1-3H3. The van der Waals surface area contributed by atoms with E-state index in [4.69, 9.17) is 5.26 Å². The second kappa shape index (κ2) is 7.71. The van der Waals surface area contributed by atoms with Crippen molar-refractivity contribution in [2.24, 2.45) is 5.92 Å². The fourth-order valence-electron chi connectivity index (χ4n) is 2.00. The fourth-order valence-corrected chi connectivity index (χ4v) is 2.57. The predicted molar refractivity (Wildman–Crippen MR) is 80.2 cm³/mol. The molecule has 100 valence electrons. The molecule has 0 aromatic heterocycles. The predicted octanol–water partition coefficient (Wildman–Crippen LogP) is 3.66. The Morgan fingerprint density at radius 2 is 2.05 bits per heavy atom. The molecule has 0 atom stereocenters. The molecule has 0 unspecified atom stereocenters. The molecule has 3 nitrogen and oxygen atoms in total. The summed E-state index contributed by atoms with van der Waals surface area (Å²) in [6.07, 6.45) is 2.45. The van der Waals surface area contributed by atoms with E-state index in [9.17, 15) is 5.26 Å². The molecule has 0 aliphatic carbocycles. The summed E-state index contributed by atoms with van der Waals surface area (Å²) in [6.45, 7) is 5.81. The van der Waals surface area contributed by atoms with Gasteiger partial charge < -0.3 is 4.90 Å². The van der Waals surface area contributed by atoms with E-state index in [1.165, 1.54) is 0 Å². The van der Waals surface area contributed by atoms with Gasteiger partial charge in [0.15, 0.2) is 0 Å². The molecule has 19 heavy (non-hydrogen) atoms. The molecule has 0 heterocycles. The van der Waals surface area contributed by atoms with Crippen molar-refractivity contribution in [2.45, 2.75) is 25.2 Å². The Balaban J connectivity index is 3.14. The molecule has 0 bridgehead atoms. The molecule has 4 heteroatoms. The summed E-state index contributed by atoms with van der Waals surface area (Å²) in [4.78, 5) is 3.14. The Labute approximate surface area is 119 Å². The molecule has 0 radical (unpaired) electrons. The van der Waals surface area contributed by atoms with Gasteiger partial charge in [-0.15, -0.1) is 11.8 Å².